The predicted octanol–water partition coefficient (Wildman–Crippen LogP) is 6.53. The van der Waals surface area contributed by atoms with Crippen LogP contribution < -0.4 is 26.2 Å². The van der Waals surface area contributed by atoms with Crippen molar-refractivity contribution in [3.63, 3.8) is 0 Å². The molecule has 13 heteroatoms. The summed E-state index contributed by atoms with van der Waals surface area (Å²) in [5, 5.41) is 12.1. The molecule has 8 rings (SSSR count). The maximum absolute atomic E-state index is 15.2. The third-order valence-corrected chi connectivity index (χ3v) is 12.2. The Kier molecular flexibility index (Phi) is 11.7. The van der Waals surface area contributed by atoms with Gasteiger partial charge in [-0.25, -0.2) is 18.7 Å². The molecule has 2 saturated heterocycles. The number of anilines is 3. The molecule has 4 fully saturated rings. The van der Waals surface area contributed by atoms with Crippen molar-refractivity contribution in [3.8, 4) is 22.4 Å². The average molecular weight is 777 g/mol. The molecule has 2 saturated carbocycles. The van der Waals surface area contributed by atoms with Gasteiger partial charge in [-0.05, 0) is 93.2 Å². The van der Waals surface area contributed by atoms with Gasteiger partial charge >= 0.3 is 0 Å². The summed E-state index contributed by atoms with van der Waals surface area (Å²) in [5.74, 6) is -0.886. The van der Waals surface area contributed by atoms with Crippen LogP contribution in [-0.4, -0.2) is 82.9 Å². The van der Waals surface area contributed by atoms with Crippen LogP contribution in [0.25, 0.3) is 22.4 Å². The molecule has 3 amide bonds. The van der Waals surface area contributed by atoms with Crippen LogP contribution in [0.5, 0.6) is 0 Å². The van der Waals surface area contributed by atoms with E-state index in [2.05, 4.69) is 41.0 Å². The van der Waals surface area contributed by atoms with Crippen LogP contribution >= 0.6 is 0 Å². The maximum Gasteiger partial charge on any atom is 0.249 e. The second-order valence-electron chi connectivity index (χ2n) is 15.9. The lowest BCUT2D eigenvalue weighted by molar-refractivity contribution is -0.133. The zero-order chi connectivity index (χ0) is 39.3. The molecular formula is C44H50F2N8O3. The molecule has 2 aliphatic carbocycles. The summed E-state index contributed by atoms with van der Waals surface area (Å²) in [6.45, 7) is 3.10. The van der Waals surface area contributed by atoms with Crippen LogP contribution in [-0.2, 0) is 14.4 Å². The molecule has 1 unspecified atom stereocenters. The number of piperidine rings is 1. The third kappa shape index (κ3) is 9.25. The molecule has 0 bridgehead atoms. The van der Waals surface area contributed by atoms with E-state index in [0.717, 1.165) is 75.6 Å². The molecule has 3 aromatic carbocycles. The normalized spacial score (nSPS) is 24.4. The minimum atomic E-state index is -0.558. The molecule has 298 valence electrons. The first kappa shape index (κ1) is 38.4. The van der Waals surface area contributed by atoms with E-state index in [0.29, 0.717) is 48.4 Å². The van der Waals surface area contributed by atoms with Gasteiger partial charge < -0.3 is 20.9 Å². The lowest BCUT2D eigenvalue weighted by atomic mass is 9.83. The van der Waals surface area contributed by atoms with Gasteiger partial charge in [-0.15, -0.1) is 0 Å². The number of amides is 3. The molecule has 2 aliphatic heterocycles. The summed E-state index contributed by atoms with van der Waals surface area (Å²) in [4.78, 5) is 50.3. The summed E-state index contributed by atoms with van der Waals surface area (Å²) < 4.78 is 30.2. The lowest BCUT2D eigenvalue weighted by Crippen LogP contribution is -2.52. The van der Waals surface area contributed by atoms with Gasteiger partial charge in [0.05, 0.1) is 11.9 Å². The van der Waals surface area contributed by atoms with Crippen molar-refractivity contribution in [1.82, 2.24) is 25.5 Å². The highest BCUT2D eigenvalue weighted by Gasteiger charge is 2.33. The van der Waals surface area contributed by atoms with E-state index in [4.69, 9.17) is 0 Å². The molecule has 3 heterocycles. The zero-order valence-electron chi connectivity index (χ0n) is 32.1. The largest absolute Gasteiger partial charge is 0.374 e. The Labute approximate surface area is 332 Å². The molecule has 11 nitrogen and oxygen atoms in total. The van der Waals surface area contributed by atoms with Gasteiger partial charge in [0.2, 0.25) is 23.7 Å². The number of nitrogens with one attached hydrogen (secondary N) is 4. The standard InChI is InChI=1S/C44H50F2N8O3/c45-36-26-34(48-38-18-20-40(55)51-43(38)57)15-19-39(36)54-23-21-53(22-24-54)35-16-9-29(10-17-35)42(56)49-32-11-13-33(14-12-32)50-44-47-27-37(46)41(52-44)31-8-4-7-30(25-31)28-5-2-1-3-6-28/h1-8,15,19,25-27,29,32-33,35,38,48H,9-14,16-18,20-24H2,(H,49,56)(H,47,50,52)(H,51,55,57)/t29-,32?,33?,35-,38?. The molecule has 57 heavy (non-hydrogen) atoms. The first-order valence-corrected chi connectivity index (χ1v) is 20.4. The minimum absolute atomic E-state index is 0.0196. The number of nitrogens with zero attached hydrogens (tertiary/aromatic N) is 4. The third-order valence-electron chi connectivity index (χ3n) is 12.2. The van der Waals surface area contributed by atoms with E-state index in [1.165, 1.54) is 12.3 Å². The van der Waals surface area contributed by atoms with E-state index < -0.39 is 11.9 Å². The van der Waals surface area contributed by atoms with Crippen LogP contribution in [0.2, 0.25) is 0 Å². The predicted molar refractivity (Wildman–Crippen MR) is 216 cm³/mol. The van der Waals surface area contributed by atoms with Crippen LogP contribution in [0, 0.1) is 17.6 Å². The zero-order valence-corrected chi connectivity index (χ0v) is 32.1. The van der Waals surface area contributed by atoms with Crippen molar-refractivity contribution in [2.45, 2.75) is 88.4 Å². The van der Waals surface area contributed by atoms with Crippen LogP contribution in [0.1, 0.15) is 64.2 Å². The van der Waals surface area contributed by atoms with Crippen LogP contribution in [0.15, 0.2) is 79.0 Å². The summed E-state index contributed by atoms with van der Waals surface area (Å²) in [5.41, 5.74) is 4.08. The van der Waals surface area contributed by atoms with Crippen molar-refractivity contribution in [3.05, 3.63) is 90.6 Å². The Balaban J connectivity index is 0.756. The number of benzene rings is 3. The van der Waals surface area contributed by atoms with Gasteiger partial charge in [0.25, 0.3) is 0 Å². The number of aromatic nitrogens is 2. The summed E-state index contributed by atoms with van der Waals surface area (Å²) in [6, 6.07) is 22.8. The average Bonchev–Trinajstić information content (AvgIpc) is 3.24. The molecule has 4 aromatic rings. The quantitative estimate of drug-likeness (QED) is 0.133. The first-order chi connectivity index (χ1) is 27.8. The first-order valence-electron chi connectivity index (χ1n) is 20.4. The number of carbonyl (C=O) groups is 3. The second kappa shape index (κ2) is 17.4. The number of hydrogen-bond acceptors (Lipinski definition) is 9. The molecular weight excluding hydrogens is 727 g/mol. The summed E-state index contributed by atoms with van der Waals surface area (Å²) in [6.07, 6.45) is 8.97. The number of halogens is 2. The monoisotopic (exact) mass is 776 g/mol. The minimum Gasteiger partial charge on any atom is -0.374 e. The Bertz CT molecular complexity index is 2060. The molecule has 4 N–H and O–H groups in total. The van der Waals surface area contributed by atoms with Crippen molar-refractivity contribution in [1.29, 1.82) is 0 Å². The Morgan fingerprint density at radius 3 is 2.18 bits per heavy atom. The number of carbonyl (C=O) groups excluding carboxylic acids is 3. The molecule has 0 radical (unpaired) electrons. The van der Waals surface area contributed by atoms with E-state index in [-0.39, 0.29) is 53.7 Å². The van der Waals surface area contributed by atoms with Crippen molar-refractivity contribution in [2.75, 3.05) is 41.7 Å². The van der Waals surface area contributed by atoms with Crippen molar-refractivity contribution >= 4 is 35.0 Å². The number of imide groups is 1. The fourth-order valence-corrected chi connectivity index (χ4v) is 8.92. The molecule has 1 aromatic heterocycles. The molecule has 4 aliphatic rings. The van der Waals surface area contributed by atoms with E-state index in [1.54, 1.807) is 12.1 Å². The SMILES string of the molecule is O=C1CCC(Nc2ccc(N3CCN([C@H]4CC[C@H](C(=O)NC5CCC(Nc6ncc(F)c(-c7cccc(-c8ccccc8)c7)n6)CC5)CC4)CC3)c(F)c2)C(=O)N1. The fraction of sp³-hybridized carbons (Fsp3) is 0.432. The van der Waals surface area contributed by atoms with Gasteiger partial charge in [-0.1, -0.05) is 48.5 Å². The van der Waals surface area contributed by atoms with Crippen molar-refractivity contribution < 1.29 is 23.2 Å². The van der Waals surface area contributed by atoms with Gasteiger partial charge in [0, 0.05) is 67.9 Å². The highest BCUT2D eigenvalue weighted by atomic mass is 19.1. The van der Waals surface area contributed by atoms with Gasteiger partial charge in [0.1, 0.15) is 17.6 Å². The number of piperazine rings is 1. The van der Waals surface area contributed by atoms with Gasteiger partial charge in [0.15, 0.2) is 5.82 Å². The molecule has 1 atom stereocenters. The number of rotatable bonds is 10. The Morgan fingerprint density at radius 1 is 0.719 bits per heavy atom. The van der Waals surface area contributed by atoms with E-state index >= 15 is 4.39 Å². The summed E-state index contributed by atoms with van der Waals surface area (Å²) >= 11 is 0. The fourth-order valence-electron chi connectivity index (χ4n) is 8.92. The van der Waals surface area contributed by atoms with Gasteiger partial charge in [-0.2, -0.15) is 0 Å². The highest BCUT2D eigenvalue weighted by Crippen LogP contribution is 2.32. The van der Waals surface area contributed by atoms with E-state index in [9.17, 15) is 18.8 Å². The lowest BCUT2D eigenvalue weighted by Gasteiger charge is -2.42. The van der Waals surface area contributed by atoms with Crippen LogP contribution in [0.3, 0.4) is 0 Å². The highest BCUT2D eigenvalue weighted by molar-refractivity contribution is 6.01. The summed E-state index contributed by atoms with van der Waals surface area (Å²) in [7, 11) is 0. The smallest absolute Gasteiger partial charge is 0.249 e. The maximum atomic E-state index is 15.2. The Morgan fingerprint density at radius 2 is 1.44 bits per heavy atom. The van der Waals surface area contributed by atoms with Crippen molar-refractivity contribution in [2.24, 2.45) is 5.92 Å². The van der Waals surface area contributed by atoms with Gasteiger partial charge in [-0.3, -0.25) is 24.6 Å². The van der Waals surface area contributed by atoms with Crippen LogP contribution in [0.4, 0.5) is 26.1 Å². The topological polar surface area (TPSA) is 132 Å². The second-order valence-corrected chi connectivity index (χ2v) is 15.9. The van der Waals surface area contributed by atoms with E-state index in [1.807, 2.05) is 54.6 Å². The Hall–Kier alpha value is -5.43. The molecule has 0 spiro atoms. The number of hydrogen-bond donors (Lipinski definition) is 4.